The van der Waals surface area contributed by atoms with Crippen LogP contribution in [0.3, 0.4) is 0 Å². The number of amides is 1. The van der Waals surface area contributed by atoms with E-state index in [0.717, 1.165) is 19.4 Å². The molecule has 3 heteroatoms. The summed E-state index contributed by atoms with van der Waals surface area (Å²) in [7, 11) is 0. The molecule has 3 nitrogen and oxygen atoms in total. The minimum atomic E-state index is -0.247. The Morgan fingerprint density at radius 3 is 2.73 bits per heavy atom. The molecule has 80 valence electrons. The molecule has 1 fully saturated rings. The molecule has 2 unspecified atom stereocenters. The van der Waals surface area contributed by atoms with E-state index >= 15 is 0 Å². The van der Waals surface area contributed by atoms with Crippen LogP contribution in [0.25, 0.3) is 0 Å². The molecule has 2 atom stereocenters. The van der Waals surface area contributed by atoms with Gasteiger partial charge in [-0.3, -0.25) is 4.79 Å². The van der Waals surface area contributed by atoms with Crippen molar-refractivity contribution in [2.75, 3.05) is 6.54 Å². The Hall–Kier alpha value is -1.35. The van der Waals surface area contributed by atoms with Crippen molar-refractivity contribution in [1.29, 1.82) is 0 Å². The van der Waals surface area contributed by atoms with Crippen LogP contribution in [0.4, 0.5) is 0 Å². The van der Waals surface area contributed by atoms with E-state index in [9.17, 15) is 4.79 Å². The number of carbonyl (C=O) groups excluding carboxylic acids is 1. The van der Waals surface area contributed by atoms with E-state index in [4.69, 9.17) is 5.73 Å². The molecule has 1 aromatic carbocycles. The fourth-order valence-corrected chi connectivity index (χ4v) is 2.25. The highest BCUT2D eigenvalue weighted by Gasteiger charge is 2.29. The maximum atomic E-state index is 11.3. The average Bonchev–Trinajstić information content (AvgIpc) is 2.30. The van der Waals surface area contributed by atoms with Gasteiger partial charge in [-0.2, -0.15) is 0 Å². The molecule has 0 bridgehead atoms. The summed E-state index contributed by atoms with van der Waals surface area (Å²) >= 11 is 0. The summed E-state index contributed by atoms with van der Waals surface area (Å²) in [5, 5.41) is 3.19. The topological polar surface area (TPSA) is 55.1 Å². The second-order valence-corrected chi connectivity index (χ2v) is 3.99. The monoisotopic (exact) mass is 204 g/mol. The average molecular weight is 204 g/mol. The maximum absolute atomic E-state index is 11.3. The predicted molar refractivity (Wildman–Crippen MR) is 59.4 cm³/mol. The van der Waals surface area contributed by atoms with E-state index in [0.29, 0.717) is 0 Å². The number of benzene rings is 1. The highest BCUT2D eigenvalue weighted by atomic mass is 16.1. The van der Waals surface area contributed by atoms with E-state index in [1.807, 2.05) is 18.2 Å². The van der Waals surface area contributed by atoms with Crippen molar-refractivity contribution >= 4 is 5.91 Å². The third-order valence-electron chi connectivity index (χ3n) is 2.99. The molecule has 0 spiro atoms. The van der Waals surface area contributed by atoms with Crippen LogP contribution in [0.1, 0.15) is 24.3 Å². The zero-order chi connectivity index (χ0) is 10.7. The van der Waals surface area contributed by atoms with Gasteiger partial charge in [-0.05, 0) is 24.9 Å². The first-order valence-electron chi connectivity index (χ1n) is 5.36. The Morgan fingerprint density at radius 1 is 1.33 bits per heavy atom. The Bertz CT molecular complexity index is 337. The fourth-order valence-electron chi connectivity index (χ4n) is 2.25. The maximum Gasteiger partial charge on any atom is 0.235 e. The molecule has 1 aliphatic rings. The first kappa shape index (κ1) is 10.2. The molecule has 1 amide bonds. The molecule has 3 N–H and O–H groups in total. The Balaban J connectivity index is 2.22. The minimum absolute atomic E-state index is 0.207. The zero-order valence-electron chi connectivity index (χ0n) is 8.65. The van der Waals surface area contributed by atoms with Crippen LogP contribution >= 0.6 is 0 Å². The summed E-state index contributed by atoms with van der Waals surface area (Å²) in [6.45, 7) is 0.886. The molecule has 15 heavy (non-hydrogen) atoms. The quantitative estimate of drug-likeness (QED) is 0.755. The third-order valence-corrected chi connectivity index (χ3v) is 2.99. The first-order valence-corrected chi connectivity index (χ1v) is 5.36. The number of nitrogens with two attached hydrogens (primary N) is 1. The minimum Gasteiger partial charge on any atom is -0.368 e. The largest absolute Gasteiger partial charge is 0.368 e. The van der Waals surface area contributed by atoms with E-state index in [1.165, 1.54) is 5.56 Å². The normalized spacial score (nSPS) is 26.1. The zero-order valence-corrected chi connectivity index (χ0v) is 8.65. The van der Waals surface area contributed by atoms with E-state index in [-0.39, 0.29) is 17.9 Å². The lowest BCUT2D eigenvalue weighted by Gasteiger charge is -2.30. The van der Waals surface area contributed by atoms with E-state index in [2.05, 4.69) is 17.4 Å². The molecule has 1 aliphatic heterocycles. The summed E-state index contributed by atoms with van der Waals surface area (Å²) in [6, 6.07) is 9.91. The van der Waals surface area contributed by atoms with Crippen LogP contribution in [0.2, 0.25) is 0 Å². The second-order valence-electron chi connectivity index (χ2n) is 3.99. The van der Waals surface area contributed by atoms with Gasteiger partial charge in [0, 0.05) is 5.92 Å². The van der Waals surface area contributed by atoms with Crippen molar-refractivity contribution in [3.63, 3.8) is 0 Å². The summed E-state index contributed by atoms with van der Waals surface area (Å²) < 4.78 is 0. The first-order chi connectivity index (χ1) is 7.29. The molecule has 0 aromatic heterocycles. The molecule has 2 rings (SSSR count). The van der Waals surface area contributed by atoms with Gasteiger partial charge in [0.25, 0.3) is 0 Å². The van der Waals surface area contributed by atoms with Crippen molar-refractivity contribution in [3.05, 3.63) is 35.9 Å². The Kier molecular flexibility index (Phi) is 3.02. The van der Waals surface area contributed by atoms with E-state index < -0.39 is 0 Å². The highest BCUT2D eigenvalue weighted by Crippen LogP contribution is 2.27. The van der Waals surface area contributed by atoms with Gasteiger partial charge in [-0.15, -0.1) is 0 Å². The number of rotatable bonds is 2. The number of piperidine rings is 1. The second kappa shape index (κ2) is 4.45. The van der Waals surface area contributed by atoms with Gasteiger partial charge in [0.1, 0.15) is 0 Å². The smallest absolute Gasteiger partial charge is 0.235 e. The number of carbonyl (C=O) groups is 1. The SMILES string of the molecule is NC(=O)C1NCCCC1c1ccccc1. The van der Waals surface area contributed by atoms with Gasteiger partial charge in [-0.1, -0.05) is 30.3 Å². The standard InChI is InChI=1S/C12H16N2O/c13-12(15)11-10(7-4-8-14-11)9-5-2-1-3-6-9/h1-3,5-6,10-11,14H,4,7-8H2,(H2,13,15). The number of nitrogens with one attached hydrogen (secondary N) is 1. The lowest BCUT2D eigenvalue weighted by molar-refractivity contribution is -0.121. The summed E-state index contributed by atoms with van der Waals surface area (Å²) in [6.07, 6.45) is 2.13. The van der Waals surface area contributed by atoms with Crippen LogP contribution in [0.15, 0.2) is 30.3 Å². The van der Waals surface area contributed by atoms with Crippen LogP contribution in [-0.2, 0) is 4.79 Å². The van der Waals surface area contributed by atoms with Crippen molar-refractivity contribution in [3.8, 4) is 0 Å². The summed E-state index contributed by atoms with van der Waals surface area (Å²) in [5.41, 5.74) is 6.60. The summed E-state index contributed by atoms with van der Waals surface area (Å²) in [5.74, 6) is -0.0130. The molecule has 1 heterocycles. The number of primary amides is 1. The van der Waals surface area contributed by atoms with Gasteiger partial charge in [0.2, 0.25) is 5.91 Å². The van der Waals surface area contributed by atoms with Gasteiger partial charge >= 0.3 is 0 Å². The van der Waals surface area contributed by atoms with Crippen molar-refractivity contribution in [2.24, 2.45) is 5.73 Å². The van der Waals surface area contributed by atoms with E-state index in [1.54, 1.807) is 0 Å². The van der Waals surface area contributed by atoms with Gasteiger partial charge in [0.05, 0.1) is 6.04 Å². The number of hydrogen-bond acceptors (Lipinski definition) is 2. The molecule has 0 radical (unpaired) electrons. The van der Waals surface area contributed by atoms with Crippen LogP contribution in [-0.4, -0.2) is 18.5 Å². The molecular formula is C12H16N2O. The molecule has 1 saturated heterocycles. The van der Waals surface area contributed by atoms with Crippen molar-refractivity contribution in [2.45, 2.75) is 24.8 Å². The Morgan fingerprint density at radius 2 is 2.07 bits per heavy atom. The Labute approximate surface area is 89.7 Å². The lowest BCUT2D eigenvalue weighted by atomic mass is 9.84. The third kappa shape index (κ3) is 2.18. The van der Waals surface area contributed by atoms with Gasteiger partial charge < -0.3 is 11.1 Å². The fraction of sp³-hybridized carbons (Fsp3) is 0.417. The highest BCUT2D eigenvalue weighted by molar-refractivity contribution is 5.81. The number of hydrogen-bond donors (Lipinski definition) is 2. The van der Waals surface area contributed by atoms with Crippen LogP contribution in [0, 0.1) is 0 Å². The van der Waals surface area contributed by atoms with Crippen LogP contribution < -0.4 is 11.1 Å². The van der Waals surface area contributed by atoms with Crippen LogP contribution in [0.5, 0.6) is 0 Å². The summed E-state index contributed by atoms with van der Waals surface area (Å²) in [4.78, 5) is 11.3. The molecular weight excluding hydrogens is 188 g/mol. The van der Waals surface area contributed by atoms with Crippen molar-refractivity contribution < 1.29 is 4.79 Å². The lowest BCUT2D eigenvalue weighted by Crippen LogP contribution is -2.48. The van der Waals surface area contributed by atoms with Gasteiger partial charge in [0.15, 0.2) is 0 Å². The van der Waals surface area contributed by atoms with Crippen molar-refractivity contribution in [1.82, 2.24) is 5.32 Å². The molecule has 0 aliphatic carbocycles. The molecule has 0 saturated carbocycles. The van der Waals surface area contributed by atoms with Gasteiger partial charge in [-0.25, -0.2) is 0 Å². The predicted octanol–water partition coefficient (Wildman–Crippen LogP) is 1.01. The molecule has 1 aromatic rings.